The third-order valence-corrected chi connectivity index (χ3v) is 2.60. The summed E-state index contributed by atoms with van der Waals surface area (Å²) in [6.45, 7) is 1.33. The monoisotopic (exact) mass is 287 g/mol. The van der Waals surface area contributed by atoms with Crippen LogP contribution in [0.3, 0.4) is 0 Å². The number of hydrogen-bond acceptors (Lipinski definition) is 4. The lowest BCUT2D eigenvalue weighted by Gasteiger charge is -2.16. The van der Waals surface area contributed by atoms with Gasteiger partial charge in [0.15, 0.2) is 0 Å². The molecule has 1 amide bonds. The first-order chi connectivity index (χ1) is 8.54. The van der Waals surface area contributed by atoms with Crippen molar-refractivity contribution in [3.63, 3.8) is 0 Å². The molecule has 1 aromatic carbocycles. The van der Waals surface area contributed by atoms with E-state index in [2.05, 4.69) is 5.32 Å². The van der Waals surface area contributed by atoms with Gasteiger partial charge >= 0.3 is 0 Å². The van der Waals surface area contributed by atoms with Gasteiger partial charge in [0.1, 0.15) is 0 Å². The van der Waals surface area contributed by atoms with E-state index < -0.39 is 4.92 Å². The Hall–Kier alpha value is -1.66. The number of nitrogens with zero attached hydrogens (tertiary/aromatic N) is 2. The quantitative estimate of drug-likeness (QED) is 0.631. The van der Waals surface area contributed by atoms with Gasteiger partial charge in [-0.3, -0.25) is 14.9 Å². The van der Waals surface area contributed by atoms with Crippen LogP contribution in [0.5, 0.6) is 0 Å². The van der Waals surface area contributed by atoms with E-state index in [9.17, 15) is 14.9 Å². The Labute approximate surface area is 118 Å². The van der Waals surface area contributed by atoms with Gasteiger partial charge < -0.3 is 10.2 Å². The van der Waals surface area contributed by atoms with Crippen molar-refractivity contribution < 1.29 is 9.72 Å². The Kier molecular flexibility index (Phi) is 7.71. The van der Waals surface area contributed by atoms with Crippen molar-refractivity contribution in [3.05, 3.63) is 39.9 Å². The lowest BCUT2D eigenvalue weighted by Crippen LogP contribution is -2.33. The van der Waals surface area contributed by atoms with E-state index in [-0.39, 0.29) is 30.4 Å². The van der Waals surface area contributed by atoms with Crippen molar-refractivity contribution in [1.29, 1.82) is 0 Å². The highest BCUT2D eigenvalue weighted by Crippen LogP contribution is 2.13. The molecule has 0 fully saturated rings. The van der Waals surface area contributed by atoms with E-state index in [1.807, 2.05) is 7.05 Å². The highest BCUT2D eigenvalue weighted by atomic mass is 35.5. The second-order valence-corrected chi connectivity index (χ2v) is 4.02. The van der Waals surface area contributed by atoms with Crippen LogP contribution >= 0.6 is 12.4 Å². The van der Waals surface area contributed by atoms with Crippen molar-refractivity contribution in [2.24, 2.45) is 0 Å². The van der Waals surface area contributed by atoms with Crippen LogP contribution in [0.4, 0.5) is 5.69 Å². The molecule has 7 heteroatoms. The van der Waals surface area contributed by atoms with Gasteiger partial charge in [-0.1, -0.05) is 12.1 Å². The lowest BCUT2D eigenvalue weighted by atomic mass is 10.1. The van der Waals surface area contributed by atoms with Crippen LogP contribution < -0.4 is 5.32 Å². The van der Waals surface area contributed by atoms with Gasteiger partial charge in [0, 0.05) is 32.3 Å². The molecule has 0 saturated heterocycles. The summed E-state index contributed by atoms with van der Waals surface area (Å²) in [5, 5.41) is 13.6. The van der Waals surface area contributed by atoms with Crippen LogP contribution in [-0.2, 0) is 11.2 Å². The van der Waals surface area contributed by atoms with E-state index in [4.69, 9.17) is 0 Å². The van der Waals surface area contributed by atoms with Crippen molar-refractivity contribution in [3.8, 4) is 0 Å². The highest BCUT2D eigenvalue weighted by Gasteiger charge is 2.11. The van der Waals surface area contributed by atoms with Crippen LogP contribution in [0.2, 0.25) is 0 Å². The summed E-state index contributed by atoms with van der Waals surface area (Å²) in [5.74, 6) is -0.0502. The predicted molar refractivity (Wildman–Crippen MR) is 75.6 cm³/mol. The molecule has 0 aliphatic heterocycles. The Balaban J connectivity index is 0.00000324. The minimum Gasteiger partial charge on any atom is -0.344 e. The van der Waals surface area contributed by atoms with E-state index in [0.29, 0.717) is 12.1 Å². The fourth-order valence-electron chi connectivity index (χ4n) is 1.49. The molecular weight excluding hydrogens is 270 g/mol. The Morgan fingerprint density at radius 3 is 2.74 bits per heavy atom. The zero-order valence-corrected chi connectivity index (χ0v) is 11.8. The standard InChI is InChI=1S/C12H17N3O3.ClH/c1-13-6-7-14(2)12(16)9-10-4-3-5-11(8-10)15(17)18;/h3-5,8,13H,6-7,9H2,1-2H3;1H. The molecule has 0 atom stereocenters. The highest BCUT2D eigenvalue weighted by molar-refractivity contribution is 5.85. The third kappa shape index (κ3) is 5.67. The van der Waals surface area contributed by atoms with Crippen molar-refractivity contribution in [2.75, 3.05) is 27.2 Å². The molecular formula is C12H18ClN3O3. The Bertz CT molecular complexity index is 440. The molecule has 0 radical (unpaired) electrons. The lowest BCUT2D eigenvalue weighted by molar-refractivity contribution is -0.384. The second-order valence-electron chi connectivity index (χ2n) is 4.02. The van der Waals surface area contributed by atoms with Gasteiger partial charge in [-0.05, 0) is 12.6 Å². The van der Waals surface area contributed by atoms with E-state index >= 15 is 0 Å². The summed E-state index contributed by atoms with van der Waals surface area (Å²) in [6, 6.07) is 6.16. The largest absolute Gasteiger partial charge is 0.344 e. The molecule has 6 nitrogen and oxygen atoms in total. The summed E-state index contributed by atoms with van der Waals surface area (Å²) in [6.07, 6.45) is 0.182. The van der Waals surface area contributed by atoms with Crippen LogP contribution in [0.25, 0.3) is 0 Å². The van der Waals surface area contributed by atoms with E-state index in [0.717, 1.165) is 6.54 Å². The van der Waals surface area contributed by atoms with Gasteiger partial charge in [-0.2, -0.15) is 0 Å². The zero-order valence-electron chi connectivity index (χ0n) is 11.0. The maximum Gasteiger partial charge on any atom is 0.269 e. The zero-order chi connectivity index (χ0) is 13.5. The Morgan fingerprint density at radius 1 is 1.47 bits per heavy atom. The first-order valence-electron chi connectivity index (χ1n) is 5.66. The van der Waals surface area contributed by atoms with E-state index in [1.165, 1.54) is 12.1 Å². The fourth-order valence-corrected chi connectivity index (χ4v) is 1.49. The molecule has 106 valence electrons. The molecule has 0 spiro atoms. The third-order valence-electron chi connectivity index (χ3n) is 2.60. The van der Waals surface area contributed by atoms with Crippen molar-refractivity contribution >= 4 is 24.0 Å². The van der Waals surface area contributed by atoms with Crippen LogP contribution in [0, 0.1) is 10.1 Å². The average molecular weight is 288 g/mol. The number of hydrogen-bond donors (Lipinski definition) is 1. The molecule has 0 aromatic heterocycles. The number of carbonyl (C=O) groups is 1. The van der Waals surface area contributed by atoms with Crippen molar-refractivity contribution in [1.82, 2.24) is 10.2 Å². The van der Waals surface area contributed by atoms with E-state index in [1.54, 1.807) is 24.1 Å². The number of amides is 1. The minimum absolute atomic E-state index is 0. The normalized spacial score (nSPS) is 9.58. The molecule has 1 N–H and O–H groups in total. The van der Waals surface area contributed by atoms with Crippen LogP contribution in [0.15, 0.2) is 24.3 Å². The number of halogens is 1. The number of nitro groups is 1. The number of nitrogens with one attached hydrogen (secondary N) is 1. The summed E-state index contributed by atoms with van der Waals surface area (Å²) in [4.78, 5) is 23.6. The number of benzene rings is 1. The smallest absolute Gasteiger partial charge is 0.269 e. The second kappa shape index (κ2) is 8.44. The van der Waals surface area contributed by atoms with Gasteiger partial charge in [0.05, 0.1) is 11.3 Å². The summed E-state index contributed by atoms with van der Waals surface area (Å²) >= 11 is 0. The molecule has 1 aromatic rings. The molecule has 0 bridgehead atoms. The van der Waals surface area contributed by atoms with Crippen LogP contribution in [-0.4, -0.2) is 42.9 Å². The number of carbonyl (C=O) groups excluding carboxylic acids is 1. The fraction of sp³-hybridized carbons (Fsp3) is 0.417. The summed E-state index contributed by atoms with van der Waals surface area (Å²) in [7, 11) is 3.54. The summed E-state index contributed by atoms with van der Waals surface area (Å²) in [5.41, 5.74) is 0.670. The maximum absolute atomic E-state index is 11.8. The average Bonchev–Trinajstić information content (AvgIpc) is 2.36. The molecule has 0 unspecified atom stereocenters. The van der Waals surface area contributed by atoms with Gasteiger partial charge in [-0.25, -0.2) is 0 Å². The maximum atomic E-state index is 11.8. The minimum atomic E-state index is -0.460. The number of likely N-dealkylation sites (N-methyl/N-ethyl adjacent to an activating group) is 2. The first kappa shape index (κ1) is 17.3. The Morgan fingerprint density at radius 2 is 2.16 bits per heavy atom. The SMILES string of the molecule is CNCCN(C)C(=O)Cc1cccc([N+](=O)[O-])c1.Cl. The molecule has 0 saturated carbocycles. The first-order valence-corrected chi connectivity index (χ1v) is 5.66. The van der Waals surface area contributed by atoms with Gasteiger partial charge in [0.2, 0.25) is 5.91 Å². The molecule has 0 heterocycles. The van der Waals surface area contributed by atoms with Gasteiger partial charge in [0.25, 0.3) is 5.69 Å². The summed E-state index contributed by atoms with van der Waals surface area (Å²) < 4.78 is 0. The van der Waals surface area contributed by atoms with Gasteiger partial charge in [-0.15, -0.1) is 12.4 Å². The van der Waals surface area contributed by atoms with Crippen LogP contribution in [0.1, 0.15) is 5.56 Å². The molecule has 0 aliphatic rings. The number of nitro benzene ring substituents is 1. The predicted octanol–water partition coefficient (Wildman–Crippen LogP) is 1.24. The topological polar surface area (TPSA) is 75.5 Å². The molecule has 0 aliphatic carbocycles. The number of non-ortho nitro benzene ring substituents is 1. The van der Waals surface area contributed by atoms with Crippen molar-refractivity contribution in [2.45, 2.75) is 6.42 Å². The number of rotatable bonds is 6. The molecule has 19 heavy (non-hydrogen) atoms. The molecule has 1 rings (SSSR count).